The minimum absolute atomic E-state index is 0.00417. The van der Waals surface area contributed by atoms with Crippen LogP contribution in [0.2, 0.25) is 10.0 Å². The molecule has 0 aliphatic carbocycles. The maximum atomic E-state index is 12.3. The molecule has 2 rings (SSSR count). The molecule has 1 N–H and O–H groups in total. The summed E-state index contributed by atoms with van der Waals surface area (Å²) in [7, 11) is 0. The highest BCUT2D eigenvalue weighted by Crippen LogP contribution is 2.30. The van der Waals surface area contributed by atoms with Gasteiger partial charge in [0.15, 0.2) is 13.2 Å². The summed E-state index contributed by atoms with van der Waals surface area (Å²) in [6, 6.07) is 10.4. The van der Waals surface area contributed by atoms with Gasteiger partial charge in [0.25, 0.3) is 5.91 Å². The highest BCUT2D eigenvalue weighted by molar-refractivity contribution is 6.32. The predicted molar refractivity (Wildman–Crippen MR) is 88.6 cm³/mol. The van der Waals surface area contributed by atoms with Crippen LogP contribution in [0.15, 0.2) is 42.5 Å². The summed E-state index contributed by atoms with van der Waals surface area (Å²) in [6.45, 7) is -1.89. The number of carbonyl (C=O) groups excluding carboxylic acids is 1. The van der Waals surface area contributed by atoms with Crippen LogP contribution in [0.3, 0.4) is 0 Å². The average molecular weight is 394 g/mol. The number of rotatable bonds is 6. The van der Waals surface area contributed by atoms with E-state index in [0.717, 1.165) is 0 Å². The molecule has 0 bridgehead atoms. The van der Waals surface area contributed by atoms with Crippen molar-refractivity contribution in [1.29, 1.82) is 0 Å². The zero-order chi connectivity index (χ0) is 18.4. The number of halogens is 5. The molecule has 0 fully saturated rings. The van der Waals surface area contributed by atoms with Crippen LogP contribution in [0.1, 0.15) is 0 Å². The van der Waals surface area contributed by atoms with E-state index >= 15 is 0 Å². The Morgan fingerprint density at radius 3 is 2.44 bits per heavy atom. The van der Waals surface area contributed by atoms with Gasteiger partial charge in [0.1, 0.15) is 11.5 Å². The van der Waals surface area contributed by atoms with E-state index < -0.39 is 25.3 Å². The van der Waals surface area contributed by atoms with Gasteiger partial charge in [0, 0.05) is 5.02 Å². The molecule has 9 heteroatoms. The maximum absolute atomic E-state index is 12.3. The number of ether oxygens (including phenoxy) is 2. The van der Waals surface area contributed by atoms with Crippen molar-refractivity contribution < 1.29 is 27.4 Å². The van der Waals surface area contributed by atoms with Crippen molar-refractivity contribution in [3.8, 4) is 11.5 Å². The van der Waals surface area contributed by atoms with Crippen molar-refractivity contribution in [2.24, 2.45) is 0 Å². The molecule has 2 aromatic rings. The molecule has 0 heterocycles. The standard InChI is InChI=1S/C16H12Cl2F3NO3/c17-10-5-6-14(25-9-16(19,20)21)12(7-10)22-15(23)8-24-13-4-2-1-3-11(13)18/h1-7H,8-9H2,(H,22,23). The monoisotopic (exact) mass is 393 g/mol. The third kappa shape index (κ3) is 6.36. The predicted octanol–water partition coefficient (Wildman–Crippen LogP) is 4.95. The van der Waals surface area contributed by atoms with Gasteiger partial charge in [-0.2, -0.15) is 13.2 Å². The Kier molecular flexibility index (Phi) is 6.39. The van der Waals surface area contributed by atoms with E-state index in [9.17, 15) is 18.0 Å². The first-order valence-electron chi connectivity index (χ1n) is 6.91. The van der Waals surface area contributed by atoms with Gasteiger partial charge < -0.3 is 14.8 Å². The van der Waals surface area contributed by atoms with Crippen LogP contribution in [0.5, 0.6) is 11.5 Å². The zero-order valence-corrected chi connectivity index (χ0v) is 14.1. The first kappa shape index (κ1) is 19.2. The number of alkyl halides is 3. The van der Waals surface area contributed by atoms with E-state index in [1.807, 2.05) is 0 Å². The van der Waals surface area contributed by atoms with Crippen LogP contribution in [-0.4, -0.2) is 25.3 Å². The highest BCUT2D eigenvalue weighted by Gasteiger charge is 2.29. The molecule has 0 aliphatic heterocycles. The molecular weight excluding hydrogens is 382 g/mol. The van der Waals surface area contributed by atoms with E-state index in [4.69, 9.17) is 27.9 Å². The van der Waals surface area contributed by atoms with E-state index in [1.54, 1.807) is 24.3 Å². The summed E-state index contributed by atoms with van der Waals surface area (Å²) < 4.78 is 46.8. The second-order valence-electron chi connectivity index (χ2n) is 4.81. The van der Waals surface area contributed by atoms with Crippen LogP contribution in [-0.2, 0) is 4.79 Å². The van der Waals surface area contributed by atoms with Gasteiger partial charge in [-0.15, -0.1) is 0 Å². The number of anilines is 1. The summed E-state index contributed by atoms with van der Waals surface area (Å²) in [4.78, 5) is 12.0. The Balaban J connectivity index is 2.01. The summed E-state index contributed by atoms with van der Waals surface area (Å²) >= 11 is 11.7. The number of benzene rings is 2. The number of hydrogen-bond donors (Lipinski definition) is 1. The Morgan fingerprint density at radius 1 is 1.04 bits per heavy atom. The molecule has 0 saturated heterocycles. The first-order valence-corrected chi connectivity index (χ1v) is 7.66. The summed E-state index contributed by atoms with van der Waals surface area (Å²) in [6.07, 6.45) is -4.51. The van der Waals surface area contributed by atoms with Gasteiger partial charge in [-0.25, -0.2) is 0 Å². The van der Waals surface area contributed by atoms with Crippen molar-refractivity contribution in [2.75, 3.05) is 18.5 Å². The molecule has 2 aromatic carbocycles. The van der Waals surface area contributed by atoms with Crippen molar-refractivity contribution >= 4 is 34.8 Å². The SMILES string of the molecule is O=C(COc1ccccc1Cl)Nc1cc(Cl)ccc1OCC(F)(F)F. The molecular formula is C16H12Cl2F3NO3. The maximum Gasteiger partial charge on any atom is 0.422 e. The number of carbonyl (C=O) groups is 1. The lowest BCUT2D eigenvalue weighted by atomic mass is 10.3. The second kappa shape index (κ2) is 8.31. The van der Waals surface area contributed by atoms with Crippen LogP contribution < -0.4 is 14.8 Å². The molecule has 0 spiro atoms. The van der Waals surface area contributed by atoms with Crippen molar-refractivity contribution in [3.05, 3.63) is 52.5 Å². The Hall–Kier alpha value is -2.12. The Labute approximate surface area is 151 Å². The lowest BCUT2D eigenvalue weighted by Crippen LogP contribution is -2.22. The fourth-order valence-electron chi connectivity index (χ4n) is 1.78. The van der Waals surface area contributed by atoms with Crippen LogP contribution in [0.25, 0.3) is 0 Å². The van der Waals surface area contributed by atoms with Crippen LogP contribution in [0.4, 0.5) is 18.9 Å². The molecule has 134 valence electrons. The van der Waals surface area contributed by atoms with Crippen molar-refractivity contribution in [3.63, 3.8) is 0 Å². The van der Waals surface area contributed by atoms with E-state index in [0.29, 0.717) is 10.8 Å². The Morgan fingerprint density at radius 2 is 1.76 bits per heavy atom. The van der Waals surface area contributed by atoms with Crippen molar-refractivity contribution in [1.82, 2.24) is 0 Å². The van der Waals surface area contributed by atoms with Crippen molar-refractivity contribution in [2.45, 2.75) is 6.18 Å². The molecule has 0 atom stereocenters. The normalized spacial score (nSPS) is 11.1. The molecule has 0 radical (unpaired) electrons. The Bertz CT molecular complexity index is 754. The number of hydrogen-bond acceptors (Lipinski definition) is 3. The van der Waals surface area contributed by atoms with Gasteiger partial charge >= 0.3 is 6.18 Å². The van der Waals surface area contributed by atoms with Crippen LogP contribution in [0, 0.1) is 0 Å². The summed E-state index contributed by atoms with van der Waals surface area (Å²) in [5.74, 6) is -0.467. The fraction of sp³-hybridized carbons (Fsp3) is 0.188. The zero-order valence-electron chi connectivity index (χ0n) is 12.6. The number of nitrogens with one attached hydrogen (secondary N) is 1. The average Bonchev–Trinajstić information content (AvgIpc) is 2.52. The topological polar surface area (TPSA) is 47.6 Å². The van der Waals surface area contributed by atoms with E-state index in [-0.39, 0.29) is 16.5 Å². The number of para-hydroxylation sites is 1. The minimum Gasteiger partial charge on any atom is -0.482 e. The smallest absolute Gasteiger partial charge is 0.422 e. The number of amides is 1. The highest BCUT2D eigenvalue weighted by atomic mass is 35.5. The van der Waals surface area contributed by atoms with Gasteiger partial charge in [-0.1, -0.05) is 35.3 Å². The van der Waals surface area contributed by atoms with Gasteiger partial charge in [0.05, 0.1) is 10.7 Å². The quantitative estimate of drug-likeness (QED) is 0.754. The largest absolute Gasteiger partial charge is 0.482 e. The third-order valence-corrected chi connectivity index (χ3v) is 3.35. The molecule has 0 aliphatic rings. The molecule has 0 unspecified atom stereocenters. The third-order valence-electron chi connectivity index (χ3n) is 2.80. The van der Waals surface area contributed by atoms with Gasteiger partial charge in [0.2, 0.25) is 0 Å². The van der Waals surface area contributed by atoms with Gasteiger partial charge in [-0.3, -0.25) is 4.79 Å². The molecule has 1 amide bonds. The molecule has 25 heavy (non-hydrogen) atoms. The second-order valence-corrected chi connectivity index (χ2v) is 5.66. The van der Waals surface area contributed by atoms with Crippen LogP contribution >= 0.6 is 23.2 Å². The minimum atomic E-state index is -4.51. The summed E-state index contributed by atoms with van der Waals surface area (Å²) in [5.41, 5.74) is 0.00417. The molecule has 0 aromatic heterocycles. The summed E-state index contributed by atoms with van der Waals surface area (Å²) in [5, 5.41) is 2.94. The lowest BCUT2D eigenvalue weighted by molar-refractivity contribution is -0.153. The first-order chi connectivity index (χ1) is 11.7. The molecule has 4 nitrogen and oxygen atoms in total. The van der Waals surface area contributed by atoms with Gasteiger partial charge in [-0.05, 0) is 30.3 Å². The lowest BCUT2D eigenvalue weighted by Gasteiger charge is -2.14. The fourth-order valence-corrected chi connectivity index (χ4v) is 2.14. The van der Waals surface area contributed by atoms with E-state index in [2.05, 4.69) is 10.1 Å². The van der Waals surface area contributed by atoms with E-state index in [1.165, 1.54) is 18.2 Å². The molecule has 0 saturated carbocycles.